The number of esters is 1. The molecule has 3 aromatic carbocycles. The Morgan fingerprint density at radius 3 is 2.05 bits per heavy atom. The predicted octanol–water partition coefficient (Wildman–Crippen LogP) is 7.96. The molecule has 6 nitrogen and oxygen atoms in total. The standard InChI is InChI=1S/C31H38N2O4S/c1-4-6-7-8-9-22-33(31(35)32-25-12-16-27(36-3)17-13-25)26-14-20-29(21-15-26)38-28-18-10-24(11-19-28)23-30(34)37-5-2/h10-21H,4-9,22-23H2,1-3H3,(H,32,35). The number of hydrogen-bond acceptors (Lipinski definition) is 5. The van der Waals surface area contributed by atoms with E-state index < -0.39 is 0 Å². The lowest BCUT2D eigenvalue weighted by Crippen LogP contribution is -2.35. The number of urea groups is 1. The Bertz CT molecular complexity index is 1130. The van der Waals surface area contributed by atoms with E-state index in [1.807, 2.05) is 84.6 Å². The van der Waals surface area contributed by atoms with Crippen LogP contribution in [0.5, 0.6) is 5.75 Å². The van der Waals surface area contributed by atoms with Gasteiger partial charge in [-0.1, -0.05) is 56.5 Å². The predicted molar refractivity (Wildman–Crippen MR) is 155 cm³/mol. The summed E-state index contributed by atoms with van der Waals surface area (Å²) in [4.78, 5) is 28.9. The van der Waals surface area contributed by atoms with Crippen molar-refractivity contribution in [3.8, 4) is 5.75 Å². The number of carbonyl (C=O) groups excluding carboxylic acids is 2. The molecule has 0 heterocycles. The van der Waals surface area contributed by atoms with Crippen LogP contribution in [0, 0.1) is 0 Å². The third-order valence-electron chi connectivity index (χ3n) is 6.03. The largest absolute Gasteiger partial charge is 0.497 e. The molecule has 202 valence electrons. The van der Waals surface area contributed by atoms with Gasteiger partial charge in [0.15, 0.2) is 0 Å². The van der Waals surface area contributed by atoms with Crippen molar-refractivity contribution in [3.63, 3.8) is 0 Å². The van der Waals surface area contributed by atoms with Gasteiger partial charge in [-0.25, -0.2) is 4.79 Å². The first kappa shape index (κ1) is 29.1. The maximum atomic E-state index is 13.3. The van der Waals surface area contributed by atoms with E-state index in [2.05, 4.69) is 12.2 Å². The van der Waals surface area contributed by atoms with Crippen LogP contribution < -0.4 is 15.0 Å². The fourth-order valence-corrected chi connectivity index (χ4v) is 4.79. The molecule has 0 aromatic heterocycles. The third-order valence-corrected chi connectivity index (χ3v) is 7.05. The number of amides is 2. The molecule has 0 aliphatic carbocycles. The Kier molecular flexibility index (Phi) is 12.0. The summed E-state index contributed by atoms with van der Waals surface area (Å²) in [6.45, 7) is 5.05. The van der Waals surface area contributed by atoms with Gasteiger partial charge in [0.25, 0.3) is 0 Å². The van der Waals surface area contributed by atoms with Crippen LogP contribution in [-0.2, 0) is 16.0 Å². The summed E-state index contributed by atoms with van der Waals surface area (Å²) in [7, 11) is 1.62. The Hall–Kier alpha value is -3.45. The number of unbranched alkanes of at least 4 members (excludes halogenated alkanes) is 4. The van der Waals surface area contributed by atoms with Gasteiger partial charge in [0.05, 0.1) is 20.1 Å². The molecule has 3 aromatic rings. The van der Waals surface area contributed by atoms with Gasteiger partial charge in [-0.05, 0) is 79.6 Å². The summed E-state index contributed by atoms with van der Waals surface area (Å²) >= 11 is 1.64. The smallest absolute Gasteiger partial charge is 0.326 e. The van der Waals surface area contributed by atoms with Crippen molar-refractivity contribution >= 4 is 35.1 Å². The van der Waals surface area contributed by atoms with Crippen LogP contribution in [0.4, 0.5) is 16.2 Å². The van der Waals surface area contributed by atoms with Gasteiger partial charge in [-0.15, -0.1) is 0 Å². The molecule has 7 heteroatoms. The molecule has 0 atom stereocenters. The highest BCUT2D eigenvalue weighted by molar-refractivity contribution is 7.99. The molecular formula is C31H38N2O4S. The first-order valence-electron chi connectivity index (χ1n) is 13.3. The summed E-state index contributed by atoms with van der Waals surface area (Å²) in [5.41, 5.74) is 2.52. The van der Waals surface area contributed by atoms with Gasteiger partial charge in [0.2, 0.25) is 0 Å². The van der Waals surface area contributed by atoms with Crippen LogP contribution in [0.3, 0.4) is 0 Å². The first-order chi connectivity index (χ1) is 18.5. The Labute approximate surface area is 230 Å². The molecule has 0 bridgehead atoms. The summed E-state index contributed by atoms with van der Waals surface area (Å²) in [6.07, 6.45) is 5.91. The minimum Gasteiger partial charge on any atom is -0.497 e. The van der Waals surface area contributed by atoms with Gasteiger partial charge in [-0.3, -0.25) is 9.69 Å². The molecule has 38 heavy (non-hydrogen) atoms. The Morgan fingerprint density at radius 2 is 1.45 bits per heavy atom. The zero-order valence-electron chi connectivity index (χ0n) is 22.6. The fraction of sp³-hybridized carbons (Fsp3) is 0.355. The number of nitrogens with zero attached hydrogens (tertiary/aromatic N) is 1. The maximum absolute atomic E-state index is 13.3. The fourth-order valence-electron chi connectivity index (χ4n) is 3.97. The lowest BCUT2D eigenvalue weighted by molar-refractivity contribution is -0.142. The van der Waals surface area contributed by atoms with E-state index in [4.69, 9.17) is 9.47 Å². The SMILES string of the molecule is CCCCCCCN(C(=O)Nc1ccc(OC)cc1)c1ccc(Sc2ccc(CC(=O)OCC)cc2)cc1. The van der Waals surface area contributed by atoms with Crippen LogP contribution in [0.1, 0.15) is 51.5 Å². The van der Waals surface area contributed by atoms with E-state index in [0.29, 0.717) is 13.2 Å². The maximum Gasteiger partial charge on any atom is 0.326 e. The number of nitrogens with one attached hydrogen (secondary N) is 1. The second-order valence-corrected chi connectivity index (χ2v) is 10.1. The average molecular weight is 535 g/mol. The molecule has 0 aliphatic heterocycles. The van der Waals surface area contributed by atoms with Gasteiger partial charge in [-0.2, -0.15) is 0 Å². The number of benzene rings is 3. The highest BCUT2D eigenvalue weighted by atomic mass is 32.2. The van der Waals surface area contributed by atoms with Crippen molar-refractivity contribution in [3.05, 3.63) is 78.4 Å². The molecule has 1 N–H and O–H groups in total. The Morgan fingerprint density at radius 1 is 0.816 bits per heavy atom. The van der Waals surface area contributed by atoms with Crippen LogP contribution in [0.15, 0.2) is 82.6 Å². The summed E-state index contributed by atoms with van der Waals surface area (Å²) in [5.74, 6) is 0.534. The molecule has 0 fully saturated rings. The molecule has 0 saturated carbocycles. The number of hydrogen-bond donors (Lipinski definition) is 1. The zero-order chi connectivity index (χ0) is 27.2. The van der Waals surface area contributed by atoms with E-state index in [0.717, 1.165) is 45.3 Å². The normalized spacial score (nSPS) is 10.6. The molecule has 0 saturated heterocycles. The van der Waals surface area contributed by atoms with Crippen molar-refractivity contribution in [2.45, 2.75) is 62.2 Å². The number of anilines is 2. The van der Waals surface area contributed by atoms with Crippen LogP contribution in [0.2, 0.25) is 0 Å². The second-order valence-electron chi connectivity index (χ2n) is 8.95. The van der Waals surface area contributed by atoms with Gasteiger partial charge < -0.3 is 14.8 Å². The van der Waals surface area contributed by atoms with E-state index in [9.17, 15) is 9.59 Å². The van der Waals surface area contributed by atoms with Crippen molar-refractivity contribution in [1.29, 1.82) is 0 Å². The minimum absolute atomic E-state index is 0.150. The number of methoxy groups -OCH3 is 1. The summed E-state index contributed by atoms with van der Waals surface area (Å²) in [6, 6.07) is 23.2. The van der Waals surface area contributed by atoms with E-state index in [1.54, 1.807) is 18.9 Å². The Balaban J connectivity index is 1.65. The number of rotatable bonds is 14. The van der Waals surface area contributed by atoms with Crippen LogP contribution in [0.25, 0.3) is 0 Å². The molecule has 0 aliphatic rings. The summed E-state index contributed by atoms with van der Waals surface area (Å²) in [5, 5.41) is 3.02. The van der Waals surface area contributed by atoms with E-state index >= 15 is 0 Å². The molecule has 0 spiro atoms. The van der Waals surface area contributed by atoms with Gasteiger partial charge in [0.1, 0.15) is 5.75 Å². The minimum atomic E-state index is -0.213. The van der Waals surface area contributed by atoms with Crippen LogP contribution in [-0.4, -0.2) is 32.3 Å². The zero-order valence-corrected chi connectivity index (χ0v) is 23.4. The number of carbonyl (C=O) groups is 2. The monoisotopic (exact) mass is 534 g/mol. The van der Waals surface area contributed by atoms with Gasteiger partial charge >= 0.3 is 12.0 Å². The molecule has 2 amide bonds. The van der Waals surface area contributed by atoms with Crippen molar-refractivity contribution in [2.75, 3.05) is 30.5 Å². The second kappa shape index (κ2) is 15.7. The topological polar surface area (TPSA) is 67.9 Å². The first-order valence-corrected chi connectivity index (χ1v) is 14.1. The van der Waals surface area contributed by atoms with Crippen LogP contribution >= 0.6 is 11.8 Å². The van der Waals surface area contributed by atoms with Crippen molar-refractivity contribution in [2.24, 2.45) is 0 Å². The third kappa shape index (κ3) is 9.45. The molecule has 0 unspecified atom stereocenters. The summed E-state index contributed by atoms with van der Waals surface area (Å²) < 4.78 is 10.2. The molecule has 0 radical (unpaired) electrons. The van der Waals surface area contributed by atoms with Crippen molar-refractivity contribution in [1.82, 2.24) is 0 Å². The highest BCUT2D eigenvalue weighted by Gasteiger charge is 2.16. The van der Waals surface area contributed by atoms with E-state index in [1.165, 1.54) is 19.3 Å². The number of ether oxygens (including phenoxy) is 2. The average Bonchev–Trinajstić information content (AvgIpc) is 2.93. The van der Waals surface area contributed by atoms with E-state index in [-0.39, 0.29) is 18.4 Å². The lowest BCUT2D eigenvalue weighted by Gasteiger charge is -2.24. The van der Waals surface area contributed by atoms with Crippen molar-refractivity contribution < 1.29 is 19.1 Å². The molecular weight excluding hydrogens is 496 g/mol. The lowest BCUT2D eigenvalue weighted by atomic mass is 10.1. The highest BCUT2D eigenvalue weighted by Crippen LogP contribution is 2.30. The quantitative estimate of drug-likeness (QED) is 0.168. The molecule has 3 rings (SSSR count). The van der Waals surface area contributed by atoms with Gasteiger partial charge in [0, 0.05) is 27.7 Å².